The third-order valence-corrected chi connectivity index (χ3v) is 3.98. The lowest BCUT2D eigenvalue weighted by Gasteiger charge is -2.38. The Kier molecular flexibility index (Phi) is 4.62. The second kappa shape index (κ2) is 6.24. The third kappa shape index (κ3) is 2.78. The molecular weight excluding hydrogens is 256 g/mol. The second-order valence-electron chi connectivity index (χ2n) is 5.20. The van der Waals surface area contributed by atoms with Crippen LogP contribution in [0.5, 0.6) is 5.75 Å². The number of nitrogens with one attached hydrogen (secondary N) is 1. The van der Waals surface area contributed by atoms with Gasteiger partial charge < -0.3 is 15.2 Å². The first-order chi connectivity index (χ1) is 9.59. The molecule has 0 radical (unpaired) electrons. The summed E-state index contributed by atoms with van der Waals surface area (Å²) in [6, 6.07) is 6.77. The highest BCUT2D eigenvalue weighted by Crippen LogP contribution is 2.31. The molecule has 1 saturated heterocycles. The topological polar surface area (TPSA) is 61.8 Å². The molecule has 1 unspecified atom stereocenters. The average Bonchev–Trinajstić information content (AvgIpc) is 2.75. The zero-order valence-electron chi connectivity index (χ0n) is 12.1. The van der Waals surface area contributed by atoms with Crippen LogP contribution in [0.4, 0.5) is 0 Å². The summed E-state index contributed by atoms with van der Waals surface area (Å²) in [5.41, 5.74) is 0.0122. The zero-order chi connectivity index (χ0) is 14.6. The van der Waals surface area contributed by atoms with Gasteiger partial charge in [-0.15, -0.1) is 0 Å². The number of phenols is 1. The van der Waals surface area contributed by atoms with Crippen molar-refractivity contribution in [3.63, 3.8) is 0 Å². The first-order valence-electron chi connectivity index (χ1n) is 6.92. The van der Waals surface area contributed by atoms with Crippen LogP contribution in [0.2, 0.25) is 0 Å². The fourth-order valence-electron chi connectivity index (χ4n) is 2.71. The van der Waals surface area contributed by atoms with Gasteiger partial charge in [-0.25, -0.2) is 4.79 Å². The van der Waals surface area contributed by atoms with Gasteiger partial charge in [0.25, 0.3) is 0 Å². The SMILES string of the molecule is COC(=O)C(C)(c1ccc(O)cc1)N1CCCNCC1. The molecule has 0 spiro atoms. The molecule has 1 aliphatic rings. The molecule has 1 fully saturated rings. The second-order valence-corrected chi connectivity index (χ2v) is 5.20. The van der Waals surface area contributed by atoms with Crippen LogP contribution in [-0.2, 0) is 15.1 Å². The lowest BCUT2D eigenvalue weighted by molar-refractivity contribution is -0.155. The number of carbonyl (C=O) groups is 1. The Labute approximate surface area is 119 Å². The van der Waals surface area contributed by atoms with Crippen LogP contribution in [-0.4, -0.2) is 49.3 Å². The van der Waals surface area contributed by atoms with Gasteiger partial charge in [-0.1, -0.05) is 12.1 Å². The van der Waals surface area contributed by atoms with Crippen molar-refractivity contribution in [2.45, 2.75) is 18.9 Å². The highest BCUT2D eigenvalue weighted by Gasteiger charge is 2.42. The summed E-state index contributed by atoms with van der Waals surface area (Å²) >= 11 is 0. The van der Waals surface area contributed by atoms with Crippen LogP contribution < -0.4 is 5.32 Å². The molecule has 1 atom stereocenters. The highest BCUT2D eigenvalue weighted by molar-refractivity contribution is 5.82. The van der Waals surface area contributed by atoms with E-state index < -0.39 is 5.54 Å². The fourth-order valence-corrected chi connectivity index (χ4v) is 2.71. The smallest absolute Gasteiger partial charge is 0.330 e. The van der Waals surface area contributed by atoms with Crippen molar-refractivity contribution in [3.05, 3.63) is 29.8 Å². The van der Waals surface area contributed by atoms with Gasteiger partial charge in [-0.2, -0.15) is 0 Å². The Balaban J connectivity index is 2.38. The Bertz CT molecular complexity index is 453. The first kappa shape index (κ1) is 14.8. The monoisotopic (exact) mass is 278 g/mol. The van der Waals surface area contributed by atoms with E-state index >= 15 is 0 Å². The van der Waals surface area contributed by atoms with Crippen molar-refractivity contribution in [3.8, 4) is 5.75 Å². The minimum absolute atomic E-state index is 0.193. The van der Waals surface area contributed by atoms with E-state index in [1.807, 2.05) is 6.92 Å². The van der Waals surface area contributed by atoms with E-state index in [9.17, 15) is 9.90 Å². The Hall–Kier alpha value is -1.59. The van der Waals surface area contributed by atoms with Crippen molar-refractivity contribution < 1.29 is 14.6 Å². The van der Waals surface area contributed by atoms with E-state index in [-0.39, 0.29) is 11.7 Å². The number of esters is 1. The fraction of sp³-hybridized carbons (Fsp3) is 0.533. The zero-order valence-corrected chi connectivity index (χ0v) is 12.1. The summed E-state index contributed by atoms with van der Waals surface area (Å²) in [6.07, 6.45) is 0.991. The number of hydrogen-bond acceptors (Lipinski definition) is 5. The van der Waals surface area contributed by atoms with Gasteiger partial charge in [0.05, 0.1) is 7.11 Å². The molecule has 2 rings (SSSR count). The number of nitrogens with zero attached hydrogens (tertiary/aromatic N) is 1. The normalized spacial score (nSPS) is 19.9. The van der Waals surface area contributed by atoms with Crippen molar-refractivity contribution >= 4 is 5.97 Å². The summed E-state index contributed by atoms with van der Waals surface area (Å²) in [4.78, 5) is 14.5. The minimum Gasteiger partial charge on any atom is -0.508 e. The molecule has 20 heavy (non-hydrogen) atoms. The van der Waals surface area contributed by atoms with Crippen LogP contribution in [0.25, 0.3) is 0 Å². The van der Waals surface area contributed by atoms with E-state index in [4.69, 9.17) is 4.74 Å². The van der Waals surface area contributed by atoms with Crippen molar-refractivity contribution in [2.24, 2.45) is 0 Å². The van der Waals surface area contributed by atoms with Gasteiger partial charge in [0.15, 0.2) is 0 Å². The number of aromatic hydroxyl groups is 1. The van der Waals surface area contributed by atoms with E-state index in [1.54, 1.807) is 24.3 Å². The lowest BCUT2D eigenvalue weighted by atomic mass is 9.89. The van der Waals surface area contributed by atoms with Gasteiger partial charge in [0, 0.05) is 19.6 Å². The molecular formula is C15H22N2O3. The lowest BCUT2D eigenvalue weighted by Crippen LogP contribution is -2.51. The molecule has 1 aromatic carbocycles. The molecule has 1 aromatic rings. The molecule has 5 heteroatoms. The molecule has 0 bridgehead atoms. The van der Waals surface area contributed by atoms with Crippen LogP contribution >= 0.6 is 0 Å². The number of benzene rings is 1. The van der Waals surface area contributed by atoms with Crippen LogP contribution in [0.15, 0.2) is 24.3 Å². The number of ether oxygens (including phenoxy) is 1. The molecule has 0 aliphatic carbocycles. The Morgan fingerprint density at radius 2 is 2.00 bits per heavy atom. The maximum atomic E-state index is 12.4. The summed E-state index contributed by atoms with van der Waals surface area (Å²) < 4.78 is 5.03. The van der Waals surface area contributed by atoms with Gasteiger partial charge in [-0.05, 0) is 37.6 Å². The summed E-state index contributed by atoms with van der Waals surface area (Å²) in [7, 11) is 1.41. The molecule has 5 nitrogen and oxygen atoms in total. The largest absolute Gasteiger partial charge is 0.508 e. The summed E-state index contributed by atoms with van der Waals surface area (Å²) in [5, 5.41) is 12.8. The molecule has 0 aromatic heterocycles. The Morgan fingerprint density at radius 1 is 1.30 bits per heavy atom. The van der Waals surface area contributed by atoms with Crippen LogP contribution in [0.1, 0.15) is 18.9 Å². The predicted molar refractivity (Wildman–Crippen MR) is 76.5 cm³/mol. The van der Waals surface area contributed by atoms with Crippen LogP contribution in [0.3, 0.4) is 0 Å². The third-order valence-electron chi connectivity index (χ3n) is 3.98. The number of rotatable bonds is 3. The number of hydrogen-bond donors (Lipinski definition) is 2. The average molecular weight is 278 g/mol. The van der Waals surface area contributed by atoms with E-state index in [0.29, 0.717) is 0 Å². The molecule has 1 heterocycles. The number of methoxy groups -OCH3 is 1. The maximum absolute atomic E-state index is 12.4. The first-order valence-corrected chi connectivity index (χ1v) is 6.92. The predicted octanol–water partition coefficient (Wildman–Crippen LogP) is 1.08. The maximum Gasteiger partial charge on any atom is 0.330 e. The molecule has 1 aliphatic heterocycles. The minimum atomic E-state index is -0.825. The summed E-state index contributed by atoms with van der Waals surface area (Å²) in [6.45, 7) is 5.32. The van der Waals surface area contributed by atoms with E-state index in [1.165, 1.54) is 7.11 Å². The van der Waals surface area contributed by atoms with E-state index in [0.717, 1.165) is 38.2 Å². The van der Waals surface area contributed by atoms with Gasteiger partial charge in [0.1, 0.15) is 11.3 Å². The molecule has 110 valence electrons. The van der Waals surface area contributed by atoms with Gasteiger partial charge >= 0.3 is 5.97 Å². The van der Waals surface area contributed by atoms with Gasteiger partial charge in [0.2, 0.25) is 0 Å². The standard InChI is InChI=1S/C15H22N2O3/c1-15(14(19)20-2,12-4-6-13(18)7-5-12)17-10-3-8-16-9-11-17/h4-7,16,18H,3,8-11H2,1-2H3. The van der Waals surface area contributed by atoms with Crippen molar-refractivity contribution in [1.29, 1.82) is 0 Å². The number of carbonyl (C=O) groups excluding carboxylic acids is 1. The molecule has 0 amide bonds. The Morgan fingerprint density at radius 3 is 2.65 bits per heavy atom. The highest BCUT2D eigenvalue weighted by atomic mass is 16.5. The summed E-state index contributed by atoms with van der Waals surface area (Å²) in [5.74, 6) is -0.0800. The van der Waals surface area contributed by atoms with E-state index in [2.05, 4.69) is 10.2 Å². The molecule has 0 saturated carbocycles. The van der Waals surface area contributed by atoms with Crippen molar-refractivity contribution in [2.75, 3.05) is 33.3 Å². The number of phenolic OH excluding ortho intramolecular Hbond substituents is 1. The molecule has 2 N–H and O–H groups in total. The quantitative estimate of drug-likeness (QED) is 0.810. The van der Waals surface area contributed by atoms with Crippen molar-refractivity contribution in [1.82, 2.24) is 10.2 Å². The van der Waals surface area contributed by atoms with Gasteiger partial charge in [-0.3, -0.25) is 4.90 Å². The van der Waals surface area contributed by atoms with Crippen LogP contribution in [0, 0.1) is 0 Å².